The first-order chi connectivity index (χ1) is 14.6. The average Bonchev–Trinajstić information content (AvgIpc) is 2.97. The van der Waals surface area contributed by atoms with E-state index in [4.69, 9.17) is 28.2 Å². The van der Waals surface area contributed by atoms with Crippen molar-refractivity contribution in [3.05, 3.63) is 51.5 Å². The minimum Gasteiger partial charge on any atom is -0.339 e. The summed E-state index contributed by atoms with van der Waals surface area (Å²) in [5.41, 5.74) is 4.99. The van der Waals surface area contributed by atoms with E-state index in [-0.39, 0.29) is 10.3 Å². The van der Waals surface area contributed by atoms with Crippen LogP contribution in [-0.2, 0) is 13.6 Å². The highest BCUT2D eigenvalue weighted by Crippen LogP contribution is 2.29. The molecule has 9 heteroatoms. The largest absolute Gasteiger partial charge is 0.339 e. The van der Waals surface area contributed by atoms with Gasteiger partial charge in [0.2, 0.25) is 12.2 Å². The molecule has 0 aromatic carbocycles. The van der Waals surface area contributed by atoms with Crippen LogP contribution in [0, 0.1) is 18.4 Å². The van der Waals surface area contributed by atoms with Gasteiger partial charge in [-0.3, -0.25) is 0 Å². The van der Waals surface area contributed by atoms with Crippen LogP contribution in [0.1, 0.15) is 36.6 Å². The number of aromatic nitrogens is 3. The molecule has 0 atom stereocenters. The summed E-state index contributed by atoms with van der Waals surface area (Å²) in [6.07, 6.45) is 3.99. The molecule has 0 saturated carbocycles. The number of aliphatic imine (C=N–C) groups is 1. The minimum atomic E-state index is 0.265. The lowest BCUT2D eigenvalue weighted by molar-refractivity contribution is 0.484. The second kappa shape index (κ2) is 9.13. The molecule has 3 rings (SSSR count). The number of anilines is 1. The van der Waals surface area contributed by atoms with Gasteiger partial charge in [0.15, 0.2) is 0 Å². The van der Waals surface area contributed by atoms with Crippen molar-refractivity contribution in [1.29, 1.82) is 5.26 Å². The Kier molecular flexibility index (Phi) is 6.73. The topological polar surface area (TPSA) is 73.3 Å². The number of hydrogen-bond donors (Lipinski definition) is 0. The Hall–Kier alpha value is -2.82. The molecule has 3 heterocycles. The highest BCUT2D eigenvalue weighted by molar-refractivity contribution is 6.33. The monoisotopic (exact) mass is 457 g/mol. The van der Waals surface area contributed by atoms with Gasteiger partial charge in [0, 0.05) is 38.4 Å². The lowest BCUT2D eigenvalue weighted by atomic mass is 9.98. The van der Waals surface area contributed by atoms with Gasteiger partial charge in [-0.05, 0) is 42.2 Å². The number of hydrogen-bond acceptors (Lipinski definition) is 4. The molecule has 0 aliphatic carbocycles. The minimum absolute atomic E-state index is 0.265. The van der Waals surface area contributed by atoms with Gasteiger partial charge < -0.3 is 14.4 Å². The molecule has 0 unspecified atom stereocenters. The molecule has 0 spiro atoms. The van der Waals surface area contributed by atoms with Crippen LogP contribution in [-0.4, -0.2) is 39.5 Å². The summed E-state index contributed by atoms with van der Waals surface area (Å²) in [7, 11) is 5.67. The second-order valence-corrected chi connectivity index (χ2v) is 8.65. The van der Waals surface area contributed by atoms with Gasteiger partial charge in [-0.1, -0.05) is 37.0 Å². The molecule has 3 aromatic heterocycles. The van der Waals surface area contributed by atoms with Crippen molar-refractivity contribution in [1.82, 2.24) is 19.4 Å². The SMILES string of the molecule is Cc1cn(C)c2nc(CN(C)C(=NC#N)N(C)c3cc(Cl)nc(Cl)c3)cc(C(C)C)c12. The second-order valence-electron chi connectivity index (χ2n) is 7.88. The summed E-state index contributed by atoms with van der Waals surface area (Å²) < 4.78 is 2.05. The van der Waals surface area contributed by atoms with Crippen molar-refractivity contribution in [3.63, 3.8) is 0 Å². The van der Waals surface area contributed by atoms with Crippen molar-refractivity contribution < 1.29 is 0 Å². The van der Waals surface area contributed by atoms with Crippen molar-refractivity contribution in [3.8, 4) is 6.19 Å². The van der Waals surface area contributed by atoms with E-state index in [1.807, 2.05) is 25.2 Å². The first-order valence-corrected chi connectivity index (χ1v) is 10.6. The van der Waals surface area contributed by atoms with Gasteiger partial charge in [-0.15, -0.1) is 4.99 Å². The highest BCUT2D eigenvalue weighted by atomic mass is 35.5. The Morgan fingerprint density at radius 1 is 1.19 bits per heavy atom. The molecule has 0 amide bonds. The van der Waals surface area contributed by atoms with Crippen LogP contribution in [0.4, 0.5) is 5.69 Å². The van der Waals surface area contributed by atoms with Crippen LogP contribution in [0.25, 0.3) is 11.0 Å². The third-order valence-corrected chi connectivity index (χ3v) is 5.53. The summed E-state index contributed by atoms with van der Waals surface area (Å²) in [5.74, 6) is 0.795. The van der Waals surface area contributed by atoms with Crippen LogP contribution in [0.15, 0.2) is 29.4 Å². The van der Waals surface area contributed by atoms with Gasteiger partial charge >= 0.3 is 0 Å². The molecular formula is C22H25Cl2N7. The van der Waals surface area contributed by atoms with Gasteiger partial charge in [0.25, 0.3) is 0 Å². The van der Waals surface area contributed by atoms with Crippen LogP contribution in [0.5, 0.6) is 0 Å². The molecule has 7 nitrogen and oxygen atoms in total. The Morgan fingerprint density at radius 2 is 1.84 bits per heavy atom. The fraction of sp³-hybridized carbons (Fsp3) is 0.364. The fourth-order valence-electron chi connectivity index (χ4n) is 3.75. The summed E-state index contributed by atoms with van der Waals surface area (Å²) in [6.45, 7) is 6.94. The average molecular weight is 458 g/mol. The Labute approximate surface area is 192 Å². The molecule has 0 saturated heterocycles. The number of fused-ring (bicyclic) bond motifs is 1. The normalized spacial score (nSPS) is 11.8. The third kappa shape index (κ3) is 4.76. The fourth-order valence-corrected chi connectivity index (χ4v) is 4.20. The molecule has 162 valence electrons. The smallest absolute Gasteiger partial charge is 0.216 e. The molecule has 0 N–H and O–H groups in total. The van der Waals surface area contributed by atoms with Gasteiger partial charge in [0.1, 0.15) is 16.0 Å². The van der Waals surface area contributed by atoms with E-state index in [1.165, 1.54) is 16.5 Å². The van der Waals surface area contributed by atoms with Crippen LogP contribution in [0.2, 0.25) is 10.3 Å². The third-order valence-electron chi connectivity index (χ3n) is 5.15. The molecule has 0 aliphatic heterocycles. The number of halogens is 2. The summed E-state index contributed by atoms with van der Waals surface area (Å²) >= 11 is 12.1. The predicted octanol–water partition coefficient (Wildman–Crippen LogP) is 5.11. The van der Waals surface area contributed by atoms with E-state index in [0.29, 0.717) is 24.1 Å². The van der Waals surface area contributed by atoms with Crippen molar-refractivity contribution in [2.24, 2.45) is 12.0 Å². The zero-order chi connectivity index (χ0) is 22.9. The zero-order valence-corrected chi connectivity index (χ0v) is 20.0. The molecule has 0 bridgehead atoms. The van der Waals surface area contributed by atoms with Crippen molar-refractivity contribution in [2.45, 2.75) is 33.2 Å². The number of nitriles is 1. The van der Waals surface area contributed by atoms with E-state index >= 15 is 0 Å². The number of nitrogens with zero attached hydrogens (tertiary/aromatic N) is 7. The number of pyridine rings is 2. The lowest BCUT2D eigenvalue weighted by Gasteiger charge is -2.28. The first kappa shape index (κ1) is 22.9. The molecule has 0 radical (unpaired) electrons. The van der Waals surface area contributed by atoms with Crippen molar-refractivity contribution in [2.75, 3.05) is 19.0 Å². The number of aryl methyl sites for hydroxylation is 2. The van der Waals surface area contributed by atoms with Gasteiger partial charge in [0.05, 0.1) is 12.2 Å². The molecule has 3 aromatic rings. The predicted molar refractivity (Wildman–Crippen MR) is 127 cm³/mol. The van der Waals surface area contributed by atoms with E-state index in [9.17, 15) is 5.26 Å². The summed E-state index contributed by atoms with van der Waals surface area (Å²) in [6, 6.07) is 5.48. The summed E-state index contributed by atoms with van der Waals surface area (Å²) in [4.78, 5) is 16.5. The van der Waals surface area contributed by atoms with Crippen LogP contribution in [0.3, 0.4) is 0 Å². The molecule has 31 heavy (non-hydrogen) atoms. The van der Waals surface area contributed by atoms with Gasteiger partial charge in [-0.25, -0.2) is 9.97 Å². The number of guanidine groups is 1. The van der Waals surface area contributed by atoms with Gasteiger partial charge in [-0.2, -0.15) is 5.26 Å². The summed E-state index contributed by atoms with van der Waals surface area (Å²) in [5, 5.41) is 11.0. The van der Waals surface area contributed by atoms with E-state index in [2.05, 4.69) is 47.6 Å². The lowest BCUT2D eigenvalue weighted by Crippen LogP contribution is -2.40. The van der Waals surface area contributed by atoms with Crippen molar-refractivity contribution >= 4 is 45.9 Å². The van der Waals surface area contributed by atoms with Crippen LogP contribution < -0.4 is 4.90 Å². The molecule has 0 aliphatic rings. The molecular weight excluding hydrogens is 433 g/mol. The zero-order valence-electron chi connectivity index (χ0n) is 18.5. The maximum atomic E-state index is 9.28. The van der Waals surface area contributed by atoms with Crippen LogP contribution >= 0.6 is 23.2 Å². The molecule has 0 fully saturated rings. The van der Waals surface area contributed by atoms with E-state index in [0.717, 1.165) is 11.3 Å². The standard InChI is InChI=1S/C22H25Cl2N7/c1-13(2)17-7-15(27-21-20(17)14(3)10-29(21)4)11-30(5)22(26-12-25)31(6)16-8-18(23)28-19(24)9-16/h7-10,13H,11H2,1-6H3. The maximum absolute atomic E-state index is 9.28. The first-order valence-electron chi connectivity index (χ1n) is 9.82. The highest BCUT2D eigenvalue weighted by Gasteiger charge is 2.19. The maximum Gasteiger partial charge on any atom is 0.216 e. The Balaban J connectivity index is 1.99. The van der Waals surface area contributed by atoms with E-state index < -0.39 is 0 Å². The number of rotatable bonds is 4. The quantitative estimate of drug-likeness (QED) is 0.235. The Morgan fingerprint density at radius 3 is 2.42 bits per heavy atom. The Bertz CT molecular complexity index is 1170. The van der Waals surface area contributed by atoms with E-state index in [1.54, 1.807) is 24.1 Å².